The van der Waals surface area contributed by atoms with E-state index < -0.39 is 0 Å². The van der Waals surface area contributed by atoms with Crippen LogP contribution in [0, 0.1) is 13.8 Å². The Morgan fingerprint density at radius 2 is 1.83 bits per heavy atom. The molecule has 1 amide bonds. The Morgan fingerprint density at radius 3 is 2.54 bits per heavy atom. The van der Waals surface area contributed by atoms with Crippen molar-refractivity contribution in [2.75, 3.05) is 5.32 Å². The summed E-state index contributed by atoms with van der Waals surface area (Å²) >= 11 is 0. The first-order chi connectivity index (χ1) is 11.6. The van der Waals surface area contributed by atoms with Crippen molar-refractivity contribution in [2.24, 2.45) is 0 Å². The molecule has 126 valence electrons. The molecule has 0 unspecified atom stereocenters. The molecule has 0 spiro atoms. The second-order valence-corrected chi connectivity index (χ2v) is 6.53. The zero-order valence-corrected chi connectivity index (χ0v) is 14.2. The lowest BCUT2D eigenvalue weighted by Crippen LogP contribution is -2.49. The van der Waals surface area contributed by atoms with Crippen molar-refractivity contribution in [2.45, 2.75) is 45.4 Å². The topological polar surface area (TPSA) is 50.4 Å². The molecule has 1 aliphatic carbocycles. The summed E-state index contributed by atoms with van der Waals surface area (Å²) < 4.78 is 5.25. The van der Waals surface area contributed by atoms with Crippen LogP contribution in [0.3, 0.4) is 0 Å². The Morgan fingerprint density at radius 1 is 1.08 bits per heavy atom. The quantitative estimate of drug-likeness (QED) is 0.868. The Kier molecular flexibility index (Phi) is 5.04. The average Bonchev–Trinajstić information content (AvgIpc) is 2.54. The molecule has 0 heterocycles. The van der Waals surface area contributed by atoms with Crippen LogP contribution >= 0.6 is 0 Å². The van der Waals surface area contributed by atoms with Crippen LogP contribution in [0.25, 0.3) is 0 Å². The molecule has 1 saturated carbocycles. The number of benzene rings is 2. The number of hydrogen-bond acceptors (Lipinski definition) is 3. The first-order valence-electron chi connectivity index (χ1n) is 8.41. The van der Waals surface area contributed by atoms with Gasteiger partial charge in [-0.3, -0.25) is 0 Å². The lowest BCUT2D eigenvalue weighted by atomic mass is 9.86. The van der Waals surface area contributed by atoms with Crippen LogP contribution in [-0.4, -0.2) is 18.2 Å². The molecule has 0 saturated heterocycles. The molecule has 24 heavy (non-hydrogen) atoms. The molecule has 2 aromatic rings. The van der Waals surface area contributed by atoms with Crippen molar-refractivity contribution in [3.8, 4) is 0 Å². The largest absolute Gasteiger partial charge is 0.445 e. The van der Waals surface area contributed by atoms with Gasteiger partial charge in [0.2, 0.25) is 0 Å². The van der Waals surface area contributed by atoms with Gasteiger partial charge in [0.05, 0.1) is 0 Å². The second-order valence-electron chi connectivity index (χ2n) is 6.53. The van der Waals surface area contributed by atoms with Gasteiger partial charge in [-0.2, -0.15) is 0 Å². The van der Waals surface area contributed by atoms with Crippen molar-refractivity contribution in [1.82, 2.24) is 5.32 Å². The number of nitrogens with one attached hydrogen (secondary N) is 2. The van der Waals surface area contributed by atoms with Crippen molar-refractivity contribution in [3.05, 3.63) is 65.2 Å². The standard InChI is InChI=1S/C20H24N2O2/c1-14-8-9-19(15(2)10-14)21-17-11-18(12-17)22-20(23)24-13-16-6-4-3-5-7-16/h3-10,17-18,21H,11-13H2,1-2H3,(H,22,23). The summed E-state index contributed by atoms with van der Waals surface area (Å²) in [7, 11) is 0. The monoisotopic (exact) mass is 324 g/mol. The van der Waals surface area contributed by atoms with E-state index in [1.807, 2.05) is 30.3 Å². The van der Waals surface area contributed by atoms with Crippen LogP contribution < -0.4 is 10.6 Å². The minimum atomic E-state index is -0.339. The number of ether oxygens (including phenoxy) is 1. The third-order valence-corrected chi connectivity index (χ3v) is 4.41. The molecule has 0 aliphatic heterocycles. The minimum absolute atomic E-state index is 0.191. The number of carbonyl (C=O) groups excluding carboxylic acids is 1. The van der Waals surface area contributed by atoms with E-state index in [4.69, 9.17) is 4.74 Å². The highest BCUT2D eigenvalue weighted by Crippen LogP contribution is 2.26. The zero-order valence-electron chi connectivity index (χ0n) is 14.2. The van der Waals surface area contributed by atoms with E-state index >= 15 is 0 Å². The van der Waals surface area contributed by atoms with Gasteiger partial charge in [-0.05, 0) is 43.9 Å². The van der Waals surface area contributed by atoms with E-state index in [1.165, 1.54) is 16.8 Å². The van der Waals surface area contributed by atoms with Crippen molar-refractivity contribution < 1.29 is 9.53 Å². The van der Waals surface area contributed by atoms with E-state index in [2.05, 4.69) is 42.7 Å². The molecule has 0 radical (unpaired) electrons. The lowest BCUT2D eigenvalue weighted by Gasteiger charge is -2.37. The van der Waals surface area contributed by atoms with Gasteiger partial charge in [0.25, 0.3) is 0 Å². The molecule has 4 nitrogen and oxygen atoms in total. The number of carbonyl (C=O) groups is 1. The number of amides is 1. The number of rotatable bonds is 5. The summed E-state index contributed by atoms with van der Waals surface area (Å²) in [6, 6.07) is 16.7. The summed E-state index contributed by atoms with van der Waals surface area (Å²) in [6.45, 7) is 4.52. The molecule has 3 rings (SSSR count). The fourth-order valence-electron chi connectivity index (χ4n) is 2.98. The van der Waals surface area contributed by atoms with Crippen LogP contribution in [0.4, 0.5) is 10.5 Å². The van der Waals surface area contributed by atoms with Crippen LogP contribution in [0.1, 0.15) is 29.5 Å². The summed E-state index contributed by atoms with van der Waals surface area (Å²) in [4.78, 5) is 11.8. The number of alkyl carbamates (subject to hydrolysis) is 1. The van der Waals surface area contributed by atoms with Crippen LogP contribution in [0.2, 0.25) is 0 Å². The van der Waals surface area contributed by atoms with Crippen LogP contribution in [-0.2, 0) is 11.3 Å². The van der Waals surface area contributed by atoms with Crippen molar-refractivity contribution in [1.29, 1.82) is 0 Å². The molecule has 2 N–H and O–H groups in total. The molecule has 2 aromatic carbocycles. The summed E-state index contributed by atoms with van der Waals surface area (Å²) in [5, 5.41) is 6.47. The zero-order chi connectivity index (χ0) is 16.9. The van der Waals surface area contributed by atoms with Gasteiger partial charge in [0.1, 0.15) is 6.61 Å². The Labute approximate surface area is 143 Å². The SMILES string of the molecule is Cc1ccc(NC2CC(NC(=O)OCc3ccccc3)C2)c(C)c1. The molecule has 0 atom stereocenters. The Hall–Kier alpha value is -2.49. The maximum Gasteiger partial charge on any atom is 0.407 e. The number of aryl methyl sites for hydroxylation is 2. The molecule has 1 fully saturated rings. The maximum absolute atomic E-state index is 11.8. The van der Waals surface area contributed by atoms with Gasteiger partial charge in [-0.1, -0.05) is 48.0 Å². The van der Waals surface area contributed by atoms with E-state index in [-0.39, 0.29) is 12.1 Å². The first kappa shape index (κ1) is 16.4. The fraction of sp³-hybridized carbons (Fsp3) is 0.350. The van der Waals surface area contributed by atoms with Gasteiger partial charge in [0.15, 0.2) is 0 Å². The lowest BCUT2D eigenvalue weighted by molar-refractivity contribution is 0.129. The smallest absolute Gasteiger partial charge is 0.407 e. The van der Waals surface area contributed by atoms with Gasteiger partial charge in [0, 0.05) is 17.8 Å². The second kappa shape index (κ2) is 7.39. The normalized spacial score (nSPS) is 19.2. The van der Waals surface area contributed by atoms with E-state index in [0.29, 0.717) is 12.6 Å². The van der Waals surface area contributed by atoms with Gasteiger partial charge in [-0.25, -0.2) is 4.79 Å². The molecule has 0 bridgehead atoms. The van der Waals surface area contributed by atoms with E-state index in [0.717, 1.165) is 18.4 Å². The van der Waals surface area contributed by atoms with E-state index in [9.17, 15) is 4.79 Å². The van der Waals surface area contributed by atoms with Gasteiger partial charge in [-0.15, -0.1) is 0 Å². The Balaban J connectivity index is 1.38. The molecule has 0 aromatic heterocycles. The predicted octanol–water partition coefficient (Wildman–Crippen LogP) is 4.17. The van der Waals surface area contributed by atoms with Crippen LogP contribution in [0.5, 0.6) is 0 Å². The number of hydrogen-bond donors (Lipinski definition) is 2. The summed E-state index contributed by atoms with van der Waals surface area (Å²) in [5.41, 5.74) is 4.70. The maximum atomic E-state index is 11.8. The molecule has 1 aliphatic rings. The molecular formula is C20H24N2O2. The average molecular weight is 324 g/mol. The van der Waals surface area contributed by atoms with Crippen LogP contribution in [0.15, 0.2) is 48.5 Å². The van der Waals surface area contributed by atoms with Gasteiger partial charge >= 0.3 is 6.09 Å². The van der Waals surface area contributed by atoms with Gasteiger partial charge < -0.3 is 15.4 Å². The first-order valence-corrected chi connectivity index (χ1v) is 8.41. The predicted molar refractivity (Wildman–Crippen MR) is 96.1 cm³/mol. The van der Waals surface area contributed by atoms with Crippen molar-refractivity contribution in [3.63, 3.8) is 0 Å². The summed E-state index contributed by atoms with van der Waals surface area (Å²) in [5.74, 6) is 0. The molecule has 4 heteroatoms. The highest BCUT2D eigenvalue weighted by molar-refractivity contribution is 5.68. The highest BCUT2D eigenvalue weighted by atomic mass is 16.5. The molecular weight excluding hydrogens is 300 g/mol. The van der Waals surface area contributed by atoms with Crippen molar-refractivity contribution >= 4 is 11.8 Å². The Bertz CT molecular complexity index is 694. The van der Waals surface area contributed by atoms with E-state index in [1.54, 1.807) is 0 Å². The summed E-state index contributed by atoms with van der Waals surface area (Å²) in [6.07, 6.45) is 1.51. The number of anilines is 1. The third-order valence-electron chi connectivity index (χ3n) is 4.41. The highest BCUT2D eigenvalue weighted by Gasteiger charge is 2.30. The third kappa shape index (κ3) is 4.28. The minimum Gasteiger partial charge on any atom is -0.445 e. The fourth-order valence-corrected chi connectivity index (χ4v) is 2.98.